The summed E-state index contributed by atoms with van der Waals surface area (Å²) < 4.78 is 37.9. The number of nitrogens with zero attached hydrogens (tertiary/aromatic N) is 2. The maximum absolute atomic E-state index is 12.6. The molecule has 1 rings (SSSR count). The van der Waals surface area contributed by atoms with Gasteiger partial charge < -0.3 is 10.7 Å². The molecule has 0 aliphatic heterocycles. The van der Waals surface area contributed by atoms with Crippen LogP contribution in [0.15, 0.2) is 6.07 Å². The molecule has 8 heteroatoms. The van der Waals surface area contributed by atoms with Gasteiger partial charge in [0.15, 0.2) is 0 Å². The third-order valence-electron chi connectivity index (χ3n) is 2.47. The van der Waals surface area contributed by atoms with Gasteiger partial charge in [0.2, 0.25) is 5.82 Å². The zero-order valence-corrected chi connectivity index (χ0v) is 11.1. The predicted molar refractivity (Wildman–Crippen MR) is 67.5 cm³/mol. The van der Waals surface area contributed by atoms with E-state index in [-0.39, 0.29) is 17.2 Å². The summed E-state index contributed by atoms with van der Waals surface area (Å²) in [6, 6.07) is 1.34. The number of hydrogen-bond donors (Lipinski definition) is 3. The van der Waals surface area contributed by atoms with Crippen LogP contribution in [0.3, 0.4) is 0 Å². The fourth-order valence-corrected chi connectivity index (χ4v) is 1.75. The molecule has 0 radical (unpaired) electrons. The first-order chi connectivity index (χ1) is 8.68. The lowest BCUT2D eigenvalue weighted by Crippen LogP contribution is -2.31. The number of nitrogens with one attached hydrogen (secondary N) is 2. The standard InChI is InChI=1S/C11H18F3N5/c1-4-5-10(2,3)18-7-6-8(19-15)17-9(16-7)11(12,13)14/h6H,4-5,15H2,1-3H3,(H2,16,17,18,19). The summed E-state index contributed by atoms with van der Waals surface area (Å²) >= 11 is 0. The molecule has 1 heterocycles. The minimum Gasteiger partial charge on any atom is -0.365 e. The summed E-state index contributed by atoms with van der Waals surface area (Å²) in [7, 11) is 0. The lowest BCUT2D eigenvalue weighted by atomic mass is 9.99. The van der Waals surface area contributed by atoms with Gasteiger partial charge in [-0.2, -0.15) is 13.2 Å². The van der Waals surface area contributed by atoms with Crippen molar-refractivity contribution in [3.63, 3.8) is 0 Å². The lowest BCUT2D eigenvalue weighted by Gasteiger charge is -2.26. The van der Waals surface area contributed by atoms with Gasteiger partial charge in [0.05, 0.1) is 0 Å². The van der Waals surface area contributed by atoms with Crippen molar-refractivity contribution < 1.29 is 13.2 Å². The average Bonchev–Trinajstić information content (AvgIpc) is 2.26. The fraction of sp³-hybridized carbons (Fsp3) is 0.636. The van der Waals surface area contributed by atoms with E-state index in [1.165, 1.54) is 6.07 Å². The van der Waals surface area contributed by atoms with E-state index < -0.39 is 12.0 Å². The molecule has 1 aromatic heterocycles. The van der Waals surface area contributed by atoms with Gasteiger partial charge in [0, 0.05) is 11.6 Å². The van der Waals surface area contributed by atoms with Crippen molar-refractivity contribution in [1.29, 1.82) is 0 Å². The van der Waals surface area contributed by atoms with Crippen molar-refractivity contribution >= 4 is 11.6 Å². The second kappa shape index (κ2) is 5.60. The molecule has 5 nitrogen and oxygen atoms in total. The second-order valence-electron chi connectivity index (χ2n) is 4.86. The Hall–Kier alpha value is -1.57. The normalized spacial score (nSPS) is 12.4. The first-order valence-electron chi connectivity index (χ1n) is 5.89. The van der Waals surface area contributed by atoms with Crippen LogP contribution in [0.4, 0.5) is 24.8 Å². The molecular formula is C11H18F3N5. The lowest BCUT2D eigenvalue weighted by molar-refractivity contribution is -0.144. The van der Waals surface area contributed by atoms with E-state index in [2.05, 4.69) is 20.7 Å². The van der Waals surface area contributed by atoms with Crippen LogP contribution in [0.2, 0.25) is 0 Å². The molecule has 0 saturated carbocycles. The monoisotopic (exact) mass is 277 g/mol. The van der Waals surface area contributed by atoms with Gasteiger partial charge in [-0.3, -0.25) is 0 Å². The number of aromatic nitrogens is 2. The van der Waals surface area contributed by atoms with Crippen LogP contribution in [-0.4, -0.2) is 15.5 Å². The van der Waals surface area contributed by atoms with E-state index in [0.29, 0.717) is 0 Å². The summed E-state index contributed by atoms with van der Waals surface area (Å²) in [6.07, 6.45) is -2.92. The maximum atomic E-state index is 12.6. The van der Waals surface area contributed by atoms with Crippen molar-refractivity contribution in [2.24, 2.45) is 5.84 Å². The summed E-state index contributed by atoms with van der Waals surface area (Å²) in [5, 5.41) is 2.96. The summed E-state index contributed by atoms with van der Waals surface area (Å²) in [6.45, 7) is 5.78. The first kappa shape index (κ1) is 15.5. The summed E-state index contributed by atoms with van der Waals surface area (Å²) in [5.74, 6) is 3.90. The minimum atomic E-state index is -4.61. The highest BCUT2D eigenvalue weighted by atomic mass is 19.4. The molecule has 0 aliphatic rings. The van der Waals surface area contributed by atoms with Gasteiger partial charge in [-0.15, -0.1) is 0 Å². The maximum Gasteiger partial charge on any atom is 0.451 e. The van der Waals surface area contributed by atoms with Crippen molar-refractivity contribution in [3.05, 3.63) is 11.9 Å². The Kier molecular flexibility index (Phi) is 4.56. The minimum absolute atomic E-state index is 0.0860. The van der Waals surface area contributed by atoms with Gasteiger partial charge in [-0.05, 0) is 20.3 Å². The predicted octanol–water partition coefficient (Wildman–Crippen LogP) is 2.77. The van der Waals surface area contributed by atoms with E-state index in [1.807, 2.05) is 20.8 Å². The highest BCUT2D eigenvalue weighted by Crippen LogP contribution is 2.29. The van der Waals surface area contributed by atoms with Gasteiger partial charge in [-0.1, -0.05) is 13.3 Å². The van der Waals surface area contributed by atoms with Crippen LogP contribution >= 0.6 is 0 Å². The molecule has 0 fully saturated rings. The van der Waals surface area contributed by atoms with E-state index in [0.717, 1.165) is 12.8 Å². The SMILES string of the molecule is CCCC(C)(C)Nc1cc(NN)nc(C(F)(F)F)n1. The largest absolute Gasteiger partial charge is 0.451 e. The molecule has 0 aromatic carbocycles. The molecule has 0 aliphatic carbocycles. The number of hydrogen-bond acceptors (Lipinski definition) is 5. The van der Waals surface area contributed by atoms with E-state index in [4.69, 9.17) is 5.84 Å². The average molecular weight is 277 g/mol. The Morgan fingerprint density at radius 2 is 1.79 bits per heavy atom. The second-order valence-corrected chi connectivity index (χ2v) is 4.86. The van der Waals surface area contributed by atoms with Crippen LogP contribution in [-0.2, 0) is 6.18 Å². The Labute approximate surface area is 109 Å². The van der Waals surface area contributed by atoms with Crippen molar-refractivity contribution in [3.8, 4) is 0 Å². The Bertz CT molecular complexity index is 431. The fourth-order valence-electron chi connectivity index (χ4n) is 1.75. The van der Waals surface area contributed by atoms with E-state index in [9.17, 15) is 13.2 Å². The highest BCUT2D eigenvalue weighted by molar-refractivity contribution is 5.48. The number of nitrogens with two attached hydrogens (primary N) is 1. The number of halogens is 3. The quantitative estimate of drug-likeness (QED) is 0.570. The smallest absolute Gasteiger partial charge is 0.365 e. The van der Waals surface area contributed by atoms with Crippen molar-refractivity contribution in [1.82, 2.24) is 9.97 Å². The highest BCUT2D eigenvalue weighted by Gasteiger charge is 2.35. The third-order valence-corrected chi connectivity index (χ3v) is 2.47. The van der Waals surface area contributed by atoms with Crippen LogP contribution < -0.4 is 16.6 Å². The number of rotatable bonds is 5. The zero-order valence-electron chi connectivity index (χ0n) is 11.1. The number of anilines is 2. The number of nitrogen functional groups attached to an aromatic ring is 1. The van der Waals surface area contributed by atoms with Gasteiger partial charge in [0.1, 0.15) is 11.6 Å². The molecule has 0 amide bonds. The molecule has 4 N–H and O–H groups in total. The molecule has 0 atom stereocenters. The van der Waals surface area contributed by atoms with Crippen LogP contribution in [0.5, 0.6) is 0 Å². The molecule has 0 bridgehead atoms. The molecular weight excluding hydrogens is 259 g/mol. The van der Waals surface area contributed by atoms with E-state index in [1.54, 1.807) is 0 Å². The van der Waals surface area contributed by atoms with Crippen LogP contribution in [0.1, 0.15) is 39.4 Å². The summed E-state index contributed by atoms with van der Waals surface area (Å²) in [5.41, 5.74) is 1.74. The van der Waals surface area contributed by atoms with E-state index >= 15 is 0 Å². The molecule has 1 aromatic rings. The number of hydrazine groups is 1. The van der Waals surface area contributed by atoms with Gasteiger partial charge in [0.25, 0.3) is 0 Å². The Morgan fingerprint density at radius 1 is 1.21 bits per heavy atom. The van der Waals surface area contributed by atoms with Crippen LogP contribution in [0.25, 0.3) is 0 Å². The first-order valence-corrected chi connectivity index (χ1v) is 5.89. The third kappa shape index (κ3) is 4.55. The molecule has 108 valence electrons. The molecule has 0 saturated heterocycles. The Balaban J connectivity index is 3.07. The zero-order chi connectivity index (χ0) is 14.7. The van der Waals surface area contributed by atoms with Crippen LogP contribution in [0, 0.1) is 0 Å². The molecule has 0 spiro atoms. The molecule has 0 unspecified atom stereocenters. The van der Waals surface area contributed by atoms with Gasteiger partial charge >= 0.3 is 6.18 Å². The summed E-state index contributed by atoms with van der Waals surface area (Å²) in [4.78, 5) is 6.76. The number of alkyl halides is 3. The Morgan fingerprint density at radius 3 is 2.26 bits per heavy atom. The topological polar surface area (TPSA) is 75.9 Å². The van der Waals surface area contributed by atoms with Crippen molar-refractivity contribution in [2.45, 2.75) is 45.3 Å². The van der Waals surface area contributed by atoms with Gasteiger partial charge in [-0.25, -0.2) is 15.8 Å². The molecule has 19 heavy (non-hydrogen) atoms. The van der Waals surface area contributed by atoms with Crippen molar-refractivity contribution in [2.75, 3.05) is 10.7 Å².